The number of para-hydroxylation sites is 2. The first-order chi connectivity index (χ1) is 15.0. The molecule has 1 aliphatic rings. The number of aliphatic hydroxyl groups excluding tert-OH is 1. The summed E-state index contributed by atoms with van der Waals surface area (Å²) in [6, 6.07) is 13.0. The number of aromatic amines is 1. The first-order valence-corrected chi connectivity index (χ1v) is 12.0. The van der Waals surface area contributed by atoms with Crippen LogP contribution in [0.5, 0.6) is 0 Å². The number of hydrogen-bond donors (Lipinski definition) is 3. The van der Waals surface area contributed by atoms with Crippen molar-refractivity contribution in [1.82, 2.24) is 20.2 Å². The Balaban J connectivity index is 1.44. The average molecular weight is 479 g/mol. The summed E-state index contributed by atoms with van der Waals surface area (Å²) in [5.74, 6) is 1.36. The van der Waals surface area contributed by atoms with Crippen molar-refractivity contribution >= 4 is 51.9 Å². The van der Waals surface area contributed by atoms with Crippen LogP contribution in [0.3, 0.4) is 0 Å². The van der Waals surface area contributed by atoms with Crippen LogP contribution < -0.4 is 5.32 Å². The van der Waals surface area contributed by atoms with Gasteiger partial charge in [0.2, 0.25) is 5.91 Å². The van der Waals surface area contributed by atoms with Crippen LogP contribution in [0.25, 0.3) is 11.0 Å². The zero-order chi connectivity index (χ0) is 21.8. The fourth-order valence-electron chi connectivity index (χ4n) is 3.90. The summed E-state index contributed by atoms with van der Waals surface area (Å²) in [5.41, 5.74) is 2.77. The van der Waals surface area contributed by atoms with Crippen molar-refractivity contribution in [3.8, 4) is 0 Å². The third-order valence-electron chi connectivity index (χ3n) is 5.37. The number of fused-ring (bicyclic) bond motifs is 1. The van der Waals surface area contributed by atoms with Gasteiger partial charge in [0.1, 0.15) is 5.82 Å². The molecule has 3 N–H and O–H groups in total. The van der Waals surface area contributed by atoms with Crippen molar-refractivity contribution in [2.24, 2.45) is 0 Å². The van der Waals surface area contributed by atoms with E-state index in [2.05, 4.69) is 20.2 Å². The number of carbonyl (C=O) groups is 1. The molecule has 1 fully saturated rings. The third-order valence-corrected chi connectivity index (χ3v) is 7.19. The smallest absolute Gasteiger partial charge is 0.237 e. The minimum absolute atomic E-state index is 0.0300. The van der Waals surface area contributed by atoms with Gasteiger partial charge >= 0.3 is 0 Å². The lowest BCUT2D eigenvalue weighted by atomic mass is 10.1. The van der Waals surface area contributed by atoms with Gasteiger partial charge in [0.25, 0.3) is 0 Å². The van der Waals surface area contributed by atoms with Gasteiger partial charge in [-0.2, -0.15) is 11.8 Å². The van der Waals surface area contributed by atoms with Crippen LogP contribution in [0.1, 0.15) is 17.8 Å². The number of rotatable bonds is 8. The van der Waals surface area contributed by atoms with Crippen molar-refractivity contribution in [2.75, 3.05) is 18.9 Å². The summed E-state index contributed by atoms with van der Waals surface area (Å²) in [6.45, 7) is 1.79. The number of nitrogens with zero attached hydrogens (tertiary/aromatic N) is 2. The van der Waals surface area contributed by atoms with E-state index in [0.29, 0.717) is 28.9 Å². The topological polar surface area (TPSA) is 81.2 Å². The number of likely N-dealkylation sites (tertiary alicyclic amines) is 1. The van der Waals surface area contributed by atoms with E-state index in [-0.39, 0.29) is 23.8 Å². The van der Waals surface area contributed by atoms with E-state index in [1.54, 1.807) is 17.8 Å². The molecule has 2 heterocycles. The second-order valence-corrected chi connectivity index (χ2v) is 9.80. The van der Waals surface area contributed by atoms with Crippen LogP contribution in [0, 0.1) is 0 Å². The predicted octanol–water partition coefficient (Wildman–Crippen LogP) is 3.85. The number of amides is 1. The molecule has 0 saturated carbocycles. The summed E-state index contributed by atoms with van der Waals surface area (Å²) < 4.78 is 0. The van der Waals surface area contributed by atoms with Crippen molar-refractivity contribution in [3.63, 3.8) is 0 Å². The Morgan fingerprint density at radius 1 is 1.29 bits per heavy atom. The molecule has 0 spiro atoms. The number of hydrogen-bond acceptors (Lipinski definition) is 5. The molecule has 1 amide bonds. The number of carbonyl (C=O) groups excluding carboxylic acids is 1. The quantitative estimate of drug-likeness (QED) is 0.457. The number of halogens is 2. The lowest BCUT2D eigenvalue weighted by Gasteiger charge is -2.24. The van der Waals surface area contributed by atoms with Gasteiger partial charge < -0.3 is 15.4 Å². The number of H-pyrrole nitrogens is 1. The Kier molecular flexibility index (Phi) is 7.40. The van der Waals surface area contributed by atoms with Gasteiger partial charge in [-0.3, -0.25) is 9.69 Å². The highest BCUT2D eigenvalue weighted by molar-refractivity contribution is 7.99. The van der Waals surface area contributed by atoms with E-state index in [1.165, 1.54) is 0 Å². The monoisotopic (exact) mass is 478 g/mol. The Hall–Kier alpha value is -1.77. The second kappa shape index (κ2) is 10.2. The lowest BCUT2D eigenvalue weighted by molar-refractivity contribution is -0.125. The van der Waals surface area contributed by atoms with Crippen molar-refractivity contribution in [2.45, 2.75) is 30.8 Å². The third kappa shape index (κ3) is 5.54. The second-order valence-electron chi connectivity index (χ2n) is 7.55. The number of thioether (sulfide) groups is 1. The molecular formula is C22H24Cl2N4O2S. The first-order valence-electron chi connectivity index (χ1n) is 10.2. The summed E-state index contributed by atoms with van der Waals surface area (Å²) in [4.78, 5) is 23.0. The molecule has 0 unspecified atom stereocenters. The molecule has 31 heavy (non-hydrogen) atoms. The van der Waals surface area contributed by atoms with E-state index in [0.717, 1.165) is 35.4 Å². The average Bonchev–Trinajstić information content (AvgIpc) is 3.36. The molecule has 3 aromatic rings. The highest BCUT2D eigenvalue weighted by Gasteiger charge is 2.37. The summed E-state index contributed by atoms with van der Waals surface area (Å²) >= 11 is 14.1. The standard InChI is InChI=1S/C22H24Cl2N4O2S/c23-15-6-5-14(17(24)9-15)12-28-13-16(31-8-7-29)10-20(28)22(30)25-11-21-26-18-3-1-2-4-19(18)27-21/h1-6,9,16,20,29H,7-8,10-13H2,(H,25,30)(H,26,27)/t16-,20+/m1/s1. The molecule has 2 atom stereocenters. The van der Waals surface area contributed by atoms with Crippen LogP contribution >= 0.6 is 35.0 Å². The molecule has 2 aromatic carbocycles. The van der Waals surface area contributed by atoms with Crippen LogP contribution in [0.15, 0.2) is 42.5 Å². The number of aromatic nitrogens is 2. The minimum Gasteiger partial charge on any atom is -0.396 e. The van der Waals surface area contributed by atoms with Crippen molar-refractivity contribution in [1.29, 1.82) is 0 Å². The van der Waals surface area contributed by atoms with Gasteiger partial charge in [0, 0.05) is 34.1 Å². The van der Waals surface area contributed by atoms with E-state index < -0.39 is 0 Å². The summed E-state index contributed by atoms with van der Waals surface area (Å²) in [6.07, 6.45) is 0.724. The van der Waals surface area contributed by atoms with Gasteiger partial charge in [-0.25, -0.2) is 4.98 Å². The molecule has 6 nitrogen and oxygen atoms in total. The van der Waals surface area contributed by atoms with Crippen LogP contribution in [-0.4, -0.2) is 56.1 Å². The van der Waals surface area contributed by atoms with Crippen LogP contribution in [0.2, 0.25) is 10.0 Å². The van der Waals surface area contributed by atoms with E-state index in [9.17, 15) is 9.90 Å². The van der Waals surface area contributed by atoms with E-state index in [4.69, 9.17) is 23.2 Å². The summed E-state index contributed by atoms with van der Waals surface area (Å²) in [5, 5.41) is 13.7. The number of nitrogens with one attached hydrogen (secondary N) is 2. The van der Waals surface area contributed by atoms with Crippen molar-refractivity contribution < 1.29 is 9.90 Å². The maximum absolute atomic E-state index is 13.1. The van der Waals surface area contributed by atoms with E-state index in [1.807, 2.05) is 36.4 Å². The molecule has 0 bridgehead atoms. The highest BCUT2D eigenvalue weighted by Crippen LogP contribution is 2.31. The predicted molar refractivity (Wildman–Crippen MR) is 127 cm³/mol. The molecule has 0 aliphatic carbocycles. The maximum Gasteiger partial charge on any atom is 0.237 e. The molecule has 0 radical (unpaired) electrons. The normalized spacial score (nSPS) is 19.2. The first kappa shape index (κ1) is 22.4. The molecule has 164 valence electrons. The molecular weight excluding hydrogens is 455 g/mol. The summed E-state index contributed by atoms with van der Waals surface area (Å²) in [7, 11) is 0. The lowest BCUT2D eigenvalue weighted by Crippen LogP contribution is -2.42. The van der Waals surface area contributed by atoms with Gasteiger partial charge in [-0.1, -0.05) is 41.4 Å². The Morgan fingerprint density at radius 3 is 2.90 bits per heavy atom. The van der Waals surface area contributed by atoms with E-state index >= 15 is 0 Å². The van der Waals surface area contributed by atoms with Gasteiger partial charge in [-0.05, 0) is 36.2 Å². The molecule has 9 heteroatoms. The molecule has 1 saturated heterocycles. The van der Waals surface area contributed by atoms with Gasteiger partial charge in [0.05, 0.1) is 30.2 Å². The zero-order valence-electron chi connectivity index (χ0n) is 16.9. The zero-order valence-corrected chi connectivity index (χ0v) is 19.2. The molecule has 1 aromatic heterocycles. The van der Waals surface area contributed by atoms with Crippen LogP contribution in [0.4, 0.5) is 0 Å². The number of imidazole rings is 1. The Bertz CT molecular complexity index is 1030. The molecule has 1 aliphatic heterocycles. The fraction of sp³-hybridized carbons (Fsp3) is 0.364. The largest absolute Gasteiger partial charge is 0.396 e. The Morgan fingerprint density at radius 2 is 2.13 bits per heavy atom. The number of benzene rings is 2. The highest BCUT2D eigenvalue weighted by atomic mass is 35.5. The van der Waals surface area contributed by atoms with Gasteiger partial charge in [-0.15, -0.1) is 0 Å². The minimum atomic E-state index is -0.271. The van der Waals surface area contributed by atoms with Gasteiger partial charge in [0.15, 0.2) is 0 Å². The van der Waals surface area contributed by atoms with Crippen LogP contribution in [-0.2, 0) is 17.9 Å². The Labute approximate surface area is 195 Å². The number of aliphatic hydroxyl groups is 1. The fourth-order valence-corrected chi connectivity index (χ4v) is 5.42. The van der Waals surface area contributed by atoms with Crippen molar-refractivity contribution in [3.05, 3.63) is 63.9 Å². The maximum atomic E-state index is 13.1. The molecule has 4 rings (SSSR count). The SMILES string of the molecule is O=C(NCc1nc2ccccc2[nH]1)[C@@H]1C[C@@H](SCCO)CN1Cc1ccc(Cl)cc1Cl.